The number of hydrogen-bond acceptors (Lipinski definition) is 3. The van der Waals surface area contributed by atoms with Gasteiger partial charge in [0.1, 0.15) is 0 Å². The van der Waals surface area contributed by atoms with Crippen molar-refractivity contribution in [2.75, 3.05) is 13.2 Å². The van der Waals surface area contributed by atoms with E-state index in [9.17, 15) is 14.7 Å². The fraction of sp³-hybridized carbons (Fsp3) is 0.463. The van der Waals surface area contributed by atoms with E-state index in [0.717, 1.165) is 67.4 Å². The number of ether oxygens (including phenoxy) is 1. The molecule has 5 heteroatoms. The smallest absolute Gasteiger partial charge is 0.310 e. The fourth-order valence-electron chi connectivity index (χ4n) is 8.10. The zero-order valence-electron chi connectivity index (χ0n) is 28.0. The van der Waals surface area contributed by atoms with Crippen LogP contribution in [0, 0.1) is 18.3 Å². The highest BCUT2D eigenvalue weighted by atomic mass is 16.5. The van der Waals surface area contributed by atoms with Gasteiger partial charge in [0.05, 0.1) is 12.0 Å². The quantitative estimate of drug-likeness (QED) is 0.291. The van der Waals surface area contributed by atoms with Crippen LogP contribution in [0.3, 0.4) is 0 Å². The van der Waals surface area contributed by atoms with Crippen molar-refractivity contribution in [3.05, 3.63) is 117 Å². The molecule has 1 amide bonds. The molecule has 46 heavy (non-hydrogen) atoms. The van der Waals surface area contributed by atoms with Gasteiger partial charge in [0, 0.05) is 31.2 Å². The Hall–Kier alpha value is -3.70. The third-order valence-corrected chi connectivity index (χ3v) is 11.1. The minimum absolute atomic E-state index is 0.0265. The number of carbonyl (C=O) groups excluding carboxylic acids is 1. The number of amides is 1. The molecule has 0 spiro atoms. The van der Waals surface area contributed by atoms with Crippen molar-refractivity contribution in [2.24, 2.45) is 11.3 Å². The van der Waals surface area contributed by atoms with Crippen LogP contribution in [0.15, 0.2) is 66.7 Å². The second kappa shape index (κ2) is 13.6. The molecule has 3 atom stereocenters. The van der Waals surface area contributed by atoms with Crippen LogP contribution >= 0.6 is 0 Å². The van der Waals surface area contributed by atoms with Gasteiger partial charge in [-0.3, -0.25) is 9.59 Å². The Morgan fingerprint density at radius 3 is 2.52 bits per heavy atom. The molecule has 3 aromatic carbocycles. The molecule has 9 rings (SSSR count). The molecule has 0 fully saturated rings. The number of nitrogens with zero attached hydrogens (tertiary/aromatic N) is 1. The van der Waals surface area contributed by atoms with Crippen LogP contribution in [0.2, 0.25) is 0 Å². The van der Waals surface area contributed by atoms with E-state index in [2.05, 4.69) is 56.3 Å². The minimum Gasteiger partial charge on any atom is -0.481 e. The molecule has 5 aliphatic heterocycles. The van der Waals surface area contributed by atoms with Gasteiger partial charge in [-0.1, -0.05) is 68.0 Å². The van der Waals surface area contributed by atoms with Crippen molar-refractivity contribution in [3.63, 3.8) is 0 Å². The standard InChI is InChI=1S/C41H49NO4/c1-27-30-10-6-5-7-12-35-28(2)37(20-19-36(27)35)38(41(3,4)40(44)45)33-18-17-31-21-22-42(25-34(31)24-33)39(43)32-15-13-29(14-16-32)26-46-23-9-8-11-30/h5,7,13-20,24,27,30,38H,6,8-12,21-23,25-26H2,1-4H3,(H,44,45)/b7-5+/t27-,30?,38?/m1/s1. The normalized spacial score (nSPS) is 23.2. The highest BCUT2D eigenvalue weighted by molar-refractivity contribution is 5.94. The van der Waals surface area contributed by atoms with E-state index in [0.29, 0.717) is 37.1 Å². The molecule has 0 saturated heterocycles. The fourth-order valence-corrected chi connectivity index (χ4v) is 8.10. The van der Waals surface area contributed by atoms with Crippen molar-refractivity contribution >= 4 is 11.9 Å². The second-order valence-corrected chi connectivity index (χ2v) is 14.4. The highest BCUT2D eigenvalue weighted by Gasteiger charge is 2.41. The van der Waals surface area contributed by atoms with Crippen molar-refractivity contribution < 1.29 is 19.4 Å². The van der Waals surface area contributed by atoms with Crippen molar-refractivity contribution in [1.82, 2.24) is 4.90 Å². The average Bonchev–Trinajstić information content (AvgIpc) is 3.12. The summed E-state index contributed by atoms with van der Waals surface area (Å²) in [7, 11) is 0. The summed E-state index contributed by atoms with van der Waals surface area (Å²) in [5.41, 5.74) is 9.10. The first-order chi connectivity index (χ1) is 22.1. The lowest BCUT2D eigenvalue weighted by atomic mass is 9.68. The first-order valence-electron chi connectivity index (χ1n) is 17.2. The minimum atomic E-state index is -1.05. The number of carboxylic acid groups (broad SMARTS) is 1. The first kappa shape index (κ1) is 32.2. The van der Waals surface area contributed by atoms with Crippen molar-refractivity contribution in [1.29, 1.82) is 0 Å². The maximum absolute atomic E-state index is 13.6. The molecule has 9 bridgehead atoms. The lowest BCUT2D eigenvalue weighted by Crippen LogP contribution is -2.36. The Balaban J connectivity index is 1.47. The van der Waals surface area contributed by atoms with Gasteiger partial charge in [0.2, 0.25) is 0 Å². The van der Waals surface area contributed by atoms with Crippen LogP contribution in [-0.2, 0) is 35.5 Å². The molecular formula is C41H49NO4. The monoisotopic (exact) mass is 619 g/mol. The molecule has 1 N–H and O–H groups in total. The van der Waals surface area contributed by atoms with Crippen molar-refractivity contribution in [3.8, 4) is 0 Å². The lowest BCUT2D eigenvalue weighted by Gasteiger charge is -2.36. The average molecular weight is 620 g/mol. The summed E-state index contributed by atoms with van der Waals surface area (Å²) in [5.74, 6) is -0.134. The summed E-state index contributed by atoms with van der Waals surface area (Å²) in [6.45, 7) is 10.8. The zero-order chi connectivity index (χ0) is 32.4. The Bertz CT molecular complexity index is 1620. The predicted molar refractivity (Wildman–Crippen MR) is 183 cm³/mol. The number of carboxylic acids is 1. The molecule has 1 aliphatic carbocycles. The first-order valence-corrected chi connectivity index (χ1v) is 17.2. The number of aliphatic carboxylic acids is 1. The van der Waals surface area contributed by atoms with Gasteiger partial charge in [-0.25, -0.2) is 0 Å². The van der Waals surface area contributed by atoms with Gasteiger partial charge < -0.3 is 14.7 Å². The molecule has 6 aliphatic rings. The Morgan fingerprint density at radius 1 is 0.957 bits per heavy atom. The van der Waals surface area contributed by atoms with Crippen LogP contribution in [0.5, 0.6) is 0 Å². The number of rotatable bonds is 2. The van der Waals surface area contributed by atoms with E-state index in [1.54, 1.807) is 0 Å². The van der Waals surface area contributed by atoms with Crippen molar-refractivity contribution in [2.45, 2.75) is 97.6 Å². The molecule has 5 nitrogen and oxygen atoms in total. The zero-order valence-corrected chi connectivity index (χ0v) is 28.0. The predicted octanol–water partition coefficient (Wildman–Crippen LogP) is 8.75. The van der Waals surface area contributed by atoms with E-state index >= 15 is 0 Å². The SMILES string of the molecule is Cc1c2ccc3c1C/C=C/CCC(CCCCOCc1ccc(cc1)C(=O)N1CCc4ccc(cc4C1)C2C(C)(C)C(=O)O)[C@H]3C. The maximum Gasteiger partial charge on any atom is 0.310 e. The Morgan fingerprint density at radius 2 is 1.74 bits per heavy atom. The summed E-state index contributed by atoms with van der Waals surface area (Å²) in [6, 6.07) is 18.9. The highest BCUT2D eigenvalue weighted by Crippen LogP contribution is 2.46. The summed E-state index contributed by atoms with van der Waals surface area (Å²) in [6.07, 6.45) is 11.9. The van der Waals surface area contributed by atoms with Crippen LogP contribution < -0.4 is 0 Å². The van der Waals surface area contributed by atoms with Crippen LogP contribution in [0.25, 0.3) is 0 Å². The second-order valence-electron chi connectivity index (χ2n) is 14.4. The van der Waals surface area contributed by atoms with Gasteiger partial charge >= 0.3 is 5.97 Å². The van der Waals surface area contributed by atoms with Gasteiger partial charge in [0.15, 0.2) is 0 Å². The van der Waals surface area contributed by atoms with Crippen LogP contribution in [0.1, 0.15) is 120 Å². The molecule has 242 valence electrons. The largest absolute Gasteiger partial charge is 0.481 e. The maximum atomic E-state index is 13.6. The molecule has 2 unspecified atom stereocenters. The number of hydrogen-bond donors (Lipinski definition) is 1. The van der Waals surface area contributed by atoms with E-state index in [1.165, 1.54) is 28.7 Å². The summed E-state index contributed by atoms with van der Waals surface area (Å²) in [5, 5.41) is 10.6. The third-order valence-electron chi connectivity index (χ3n) is 11.1. The Labute approximate surface area is 274 Å². The molecule has 0 aromatic heterocycles. The van der Waals surface area contributed by atoms with E-state index < -0.39 is 11.4 Å². The van der Waals surface area contributed by atoms with Gasteiger partial charge in [-0.05, 0) is 128 Å². The number of benzene rings is 3. The van der Waals surface area contributed by atoms with E-state index in [-0.39, 0.29) is 11.8 Å². The third kappa shape index (κ3) is 6.44. The van der Waals surface area contributed by atoms with Gasteiger partial charge in [-0.15, -0.1) is 0 Å². The van der Waals surface area contributed by atoms with Gasteiger partial charge in [-0.2, -0.15) is 0 Å². The molecule has 0 radical (unpaired) electrons. The number of carbonyl (C=O) groups is 2. The van der Waals surface area contributed by atoms with Gasteiger partial charge in [0.25, 0.3) is 5.91 Å². The summed E-state index contributed by atoms with van der Waals surface area (Å²) < 4.78 is 6.05. The summed E-state index contributed by atoms with van der Waals surface area (Å²) in [4.78, 5) is 28.5. The van der Waals surface area contributed by atoms with Crippen LogP contribution in [-0.4, -0.2) is 35.0 Å². The lowest BCUT2D eigenvalue weighted by molar-refractivity contribution is -0.147. The topological polar surface area (TPSA) is 66.8 Å². The molecule has 5 heterocycles. The van der Waals surface area contributed by atoms with E-state index in [1.807, 2.05) is 43.0 Å². The molecular weight excluding hydrogens is 570 g/mol. The van der Waals surface area contributed by atoms with E-state index in [4.69, 9.17) is 4.74 Å². The molecule has 0 saturated carbocycles. The summed E-state index contributed by atoms with van der Waals surface area (Å²) >= 11 is 0. The van der Waals surface area contributed by atoms with Crippen LogP contribution in [0.4, 0.5) is 0 Å². The molecule has 3 aromatic rings. The number of allylic oxidation sites excluding steroid dienone is 2. The Kier molecular flexibility index (Phi) is 9.52.